The molecule has 4 rings (SSSR count). The monoisotopic (exact) mass is 463 g/mol. The van der Waals surface area contributed by atoms with Gasteiger partial charge in [0.25, 0.3) is 5.91 Å². The summed E-state index contributed by atoms with van der Waals surface area (Å²) in [6, 6.07) is 21.7. The largest absolute Gasteiger partial charge is 0.483 e. The standard InChI is InChI=1S/C24H22BrN3O2/c25-24-21-5-2-1-4-19(21)8-11-22(24)30-17-23(29)28-13-3-12-27(14-15-28)20-9-6-18(16-26)7-10-20/h1-2,4-11H,3,12-15,17H2. The average molecular weight is 464 g/mol. The predicted molar refractivity (Wildman–Crippen MR) is 122 cm³/mol. The van der Waals surface area contributed by atoms with Crippen LogP contribution in [0.4, 0.5) is 5.69 Å². The van der Waals surface area contributed by atoms with Crippen molar-refractivity contribution >= 4 is 38.3 Å². The Kier molecular flexibility index (Phi) is 6.20. The Morgan fingerprint density at radius 2 is 1.80 bits per heavy atom. The van der Waals surface area contributed by atoms with Gasteiger partial charge < -0.3 is 14.5 Å². The highest BCUT2D eigenvalue weighted by molar-refractivity contribution is 9.10. The van der Waals surface area contributed by atoms with Gasteiger partial charge >= 0.3 is 0 Å². The summed E-state index contributed by atoms with van der Waals surface area (Å²) in [4.78, 5) is 16.9. The van der Waals surface area contributed by atoms with Crippen LogP contribution in [0, 0.1) is 11.3 Å². The van der Waals surface area contributed by atoms with Gasteiger partial charge in [-0.15, -0.1) is 0 Å². The fourth-order valence-corrected chi connectivity index (χ4v) is 4.34. The van der Waals surface area contributed by atoms with Crippen molar-refractivity contribution in [1.82, 2.24) is 4.90 Å². The second-order valence-electron chi connectivity index (χ2n) is 7.27. The van der Waals surface area contributed by atoms with Crippen molar-refractivity contribution in [3.05, 3.63) is 70.7 Å². The highest BCUT2D eigenvalue weighted by atomic mass is 79.9. The summed E-state index contributed by atoms with van der Waals surface area (Å²) >= 11 is 3.61. The lowest BCUT2D eigenvalue weighted by molar-refractivity contribution is -0.133. The van der Waals surface area contributed by atoms with E-state index < -0.39 is 0 Å². The molecule has 5 nitrogen and oxygen atoms in total. The van der Waals surface area contributed by atoms with Gasteiger partial charge in [0.05, 0.1) is 16.1 Å². The first-order valence-electron chi connectivity index (χ1n) is 9.98. The molecule has 0 aromatic heterocycles. The molecule has 3 aromatic rings. The molecule has 0 bridgehead atoms. The maximum atomic E-state index is 12.8. The van der Waals surface area contributed by atoms with E-state index in [0.717, 1.165) is 40.4 Å². The van der Waals surface area contributed by atoms with Gasteiger partial charge in [-0.1, -0.05) is 30.3 Å². The van der Waals surface area contributed by atoms with Gasteiger partial charge in [-0.3, -0.25) is 4.79 Å². The van der Waals surface area contributed by atoms with Crippen molar-refractivity contribution in [2.75, 3.05) is 37.7 Å². The summed E-state index contributed by atoms with van der Waals surface area (Å²) in [5.74, 6) is 0.674. The van der Waals surface area contributed by atoms with Crippen molar-refractivity contribution in [2.24, 2.45) is 0 Å². The second-order valence-corrected chi connectivity index (χ2v) is 8.06. The number of carbonyl (C=O) groups is 1. The van der Waals surface area contributed by atoms with Crippen LogP contribution in [0.1, 0.15) is 12.0 Å². The van der Waals surface area contributed by atoms with Gasteiger partial charge in [-0.25, -0.2) is 0 Å². The number of hydrogen-bond acceptors (Lipinski definition) is 4. The first-order valence-corrected chi connectivity index (χ1v) is 10.8. The van der Waals surface area contributed by atoms with Crippen molar-refractivity contribution in [2.45, 2.75) is 6.42 Å². The molecular formula is C24H22BrN3O2. The first kappa shape index (κ1) is 20.2. The minimum absolute atomic E-state index is 0.00302. The molecule has 1 amide bonds. The molecule has 3 aromatic carbocycles. The summed E-state index contributed by atoms with van der Waals surface area (Å²) in [6.07, 6.45) is 0.894. The van der Waals surface area contributed by atoms with Crippen LogP contribution in [0.25, 0.3) is 10.8 Å². The molecule has 1 heterocycles. The van der Waals surface area contributed by atoms with Crippen molar-refractivity contribution in [3.8, 4) is 11.8 Å². The van der Waals surface area contributed by atoms with Gasteiger partial charge in [-0.2, -0.15) is 5.26 Å². The van der Waals surface area contributed by atoms with Gasteiger partial charge in [-0.05, 0) is 63.5 Å². The summed E-state index contributed by atoms with van der Waals surface area (Å²) in [5.41, 5.74) is 1.74. The van der Waals surface area contributed by atoms with E-state index in [9.17, 15) is 4.79 Å². The normalized spacial score (nSPS) is 14.3. The Morgan fingerprint density at radius 3 is 2.60 bits per heavy atom. The van der Waals surface area contributed by atoms with E-state index in [-0.39, 0.29) is 12.5 Å². The molecular weight excluding hydrogens is 442 g/mol. The minimum Gasteiger partial charge on any atom is -0.483 e. The number of ether oxygens (including phenoxy) is 1. The SMILES string of the molecule is N#Cc1ccc(N2CCCN(C(=O)COc3ccc4ccccc4c3Br)CC2)cc1. The number of hydrogen-bond donors (Lipinski definition) is 0. The molecule has 1 fully saturated rings. The van der Waals surface area contributed by atoms with Crippen LogP contribution in [0.5, 0.6) is 5.75 Å². The van der Waals surface area contributed by atoms with Crippen LogP contribution < -0.4 is 9.64 Å². The lowest BCUT2D eigenvalue weighted by Gasteiger charge is -2.24. The van der Waals surface area contributed by atoms with E-state index in [1.54, 1.807) is 0 Å². The molecule has 0 atom stereocenters. The molecule has 0 unspecified atom stereocenters. The van der Waals surface area contributed by atoms with Gasteiger partial charge in [0.15, 0.2) is 6.61 Å². The molecule has 0 N–H and O–H groups in total. The third-order valence-electron chi connectivity index (χ3n) is 5.39. The quantitative estimate of drug-likeness (QED) is 0.567. The van der Waals surface area contributed by atoms with Crippen molar-refractivity contribution in [1.29, 1.82) is 5.26 Å². The van der Waals surface area contributed by atoms with E-state index in [0.29, 0.717) is 24.4 Å². The molecule has 1 aliphatic heterocycles. The van der Waals surface area contributed by atoms with Crippen LogP contribution in [0.2, 0.25) is 0 Å². The van der Waals surface area contributed by atoms with Crippen molar-refractivity contribution in [3.63, 3.8) is 0 Å². The highest BCUT2D eigenvalue weighted by Gasteiger charge is 2.20. The zero-order valence-corrected chi connectivity index (χ0v) is 18.1. The lowest BCUT2D eigenvalue weighted by atomic mass is 10.1. The molecule has 0 saturated carbocycles. The summed E-state index contributed by atoms with van der Waals surface area (Å²) in [7, 11) is 0. The summed E-state index contributed by atoms with van der Waals surface area (Å²) in [5, 5.41) is 11.1. The number of benzene rings is 3. The van der Waals surface area contributed by atoms with Crippen LogP contribution in [-0.2, 0) is 4.79 Å². The molecule has 6 heteroatoms. The average Bonchev–Trinajstić information content (AvgIpc) is 3.05. The number of anilines is 1. The number of nitrogens with zero attached hydrogens (tertiary/aromatic N) is 3. The van der Waals surface area contributed by atoms with Gasteiger partial charge in [0, 0.05) is 31.9 Å². The third kappa shape index (κ3) is 4.42. The van der Waals surface area contributed by atoms with Gasteiger partial charge in [0.2, 0.25) is 0 Å². The fraction of sp³-hybridized carbons (Fsp3) is 0.250. The Labute approximate surface area is 184 Å². The summed E-state index contributed by atoms with van der Waals surface area (Å²) in [6.45, 7) is 3.03. The Bertz CT molecular complexity index is 1090. The number of fused-ring (bicyclic) bond motifs is 1. The maximum absolute atomic E-state index is 12.8. The summed E-state index contributed by atoms with van der Waals surface area (Å²) < 4.78 is 6.73. The van der Waals surface area contributed by atoms with Crippen LogP contribution in [0.3, 0.4) is 0 Å². The topological polar surface area (TPSA) is 56.6 Å². The van der Waals surface area contributed by atoms with Crippen molar-refractivity contribution < 1.29 is 9.53 Å². The number of amides is 1. The lowest BCUT2D eigenvalue weighted by Crippen LogP contribution is -2.38. The zero-order chi connectivity index (χ0) is 20.9. The number of nitriles is 1. The van der Waals surface area contributed by atoms with Crippen LogP contribution in [-0.4, -0.2) is 43.6 Å². The predicted octanol–water partition coefficient (Wildman–Crippen LogP) is 4.59. The van der Waals surface area contributed by atoms with E-state index in [1.807, 2.05) is 65.6 Å². The fourth-order valence-electron chi connectivity index (χ4n) is 3.73. The zero-order valence-electron chi connectivity index (χ0n) is 16.6. The Hall–Kier alpha value is -3.04. The van der Waals surface area contributed by atoms with Gasteiger partial charge in [0.1, 0.15) is 5.75 Å². The minimum atomic E-state index is -0.00302. The van der Waals surface area contributed by atoms with E-state index in [4.69, 9.17) is 10.00 Å². The molecule has 30 heavy (non-hydrogen) atoms. The molecule has 0 spiro atoms. The molecule has 1 aliphatic rings. The number of rotatable bonds is 4. The highest BCUT2D eigenvalue weighted by Crippen LogP contribution is 2.33. The third-order valence-corrected chi connectivity index (χ3v) is 6.21. The van der Waals surface area contributed by atoms with E-state index in [1.165, 1.54) is 0 Å². The van der Waals surface area contributed by atoms with E-state index in [2.05, 4.69) is 26.9 Å². The molecule has 1 saturated heterocycles. The smallest absolute Gasteiger partial charge is 0.260 e. The number of carbonyl (C=O) groups excluding carboxylic acids is 1. The van der Waals surface area contributed by atoms with E-state index >= 15 is 0 Å². The molecule has 152 valence electrons. The molecule has 0 radical (unpaired) electrons. The Balaban J connectivity index is 1.36. The van der Waals surface area contributed by atoms with Crippen LogP contribution >= 0.6 is 15.9 Å². The number of halogens is 1. The molecule has 0 aliphatic carbocycles. The first-order chi connectivity index (χ1) is 14.7. The van der Waals surface area contributed by atoms with Crippen LogP contribution in [0.15, 0.2) is 65.1 Å². The second kappa shape index (κ2) is 9.19. The Morgan fingerprint density at radius 1 is 1.00 bits per heavy atom. The maximum Gasteiger partial charge on any atom is 0.260 e.